The Kier molecular flexibility index (Phi) is 3.86. The van der Waals surface area contributed by atoms with Crippen molar-refractivity contribution >= 4 is 23.4 Å². The monoisotopic (exact) mass is 262 g/mol. The number of ether oxygens (including phenoxy) is 2. The molecule has 1 unspecified atom stereocenters. The first-order valence-electron chi connectivity index (χ1n) is 5.46. The highest BCUT2D eigenvalue weighted by atomic mass is 35.5. The summed E-state index contributed by atoms with van der Waals surface area (Å²) in [6.45, 7) is 2.23. The maximum absolute atomic E-state index is 11.8. The lowest BCUT2D eigenvalue weighted by Crippen LogP contribution is -2.69. The molecule has 2 heterocycles. The second-order valence-electron chi connectivity index (χ2n) is 4.23. The maximum Gasteiger partial charge on any atom is 0.249 e. The van der Waals surface area contributed by atoms with E-state index in [-0.39, 0.29) is 24.3 Å². The van der Waals surface area contributed by atoms with Crippen molar-refractivity contribution in [2.75, 3.05) is 45.4 Å². The molecule has 0 aromatic heterocycles. The second-order valence-corrected chi connectivity index (χ2v) is 4.49. The number of halogens is 1. The Labute approximate surface area is 104 Å². The van der Waals surface area contributed by atoms with Crippen LogP contribution < -0.4 is 5.32 Å². The van der Waals surface area contributed by atoms with Gasteiger partial charge in [0.1, 0.15) is 18.0 Å². The quantitative estimate of drug-likeness (QED) is 0.661. The van der Waals surface area contributed by atoms with Crippen LogP contribution in [0.1, 0.15) is 0 Å². The predicted octanol–water partition coefficient (Wildman–Crippen LogP) is -1.03. The van der Waals surface area contributed by atoms with Gasteiger partial charge in [0.2, 0.25) is 11.8 Å². The van der Waals surface area contributed by atoms with Crippen molar-refractivity contribution < 1.29 is 19.1 Å². The molecule has 0 aliphatic carbocycles. The smallest absolute Gasteiger partial charge is 0.249 e. The Balaban J connectivity index is 2.06. The Morgan fingerprint density at radius 2 is 2.24 bits per heavy atom. The van der Waals surface area contributed by atoms with E-state index in [2.05, 4.69) is 5.32 Å². The topological polar surface area (TPSA) is 67.9 Å². The van der Waals surface area contributed by atoms with Gasteiger partial charge in [-0.05, 0) is 0 Å². The largest absolute Gasteiger partial charge is 0.377 e. The van der Waals surface area contributed by atoms with E-state index >= 15 is 0 Å². The molecule has 96 valence electrons. The second kappa shape index (κ2) is 5.20. The average Bonchev–Trinajstić information content (AvgIpc) is 2.36. The lowest BCUT2D eigenvalue weighted by Gasteiger charge is -2.49. The summed E-state index contributed by atoms with van der Waals surface area (Å²) in [7, 11) is 0. The number of rotatable bonds is 3. The first-order valence-corrected chi connectivity index (χ1v) is 6.00. The Morgan fingerprint density at radius 1 is 1.47 bits per heavy atom. The maximum atomic E-state index is 11.8. The third-order valence-corrected chi connectivity index (χ3v) is 3.28. The zero-order valence-electron chi connectivity index (χ0n) is 9.41. The summed E-state index contributed by atoms with van der Waals surface area (Å²) in [5, 5.41) is 2.69. The minimum atomic E-state index is -0.574. The van der Waals surface area contributed by atoms with Gasteiger partial charge in [0.05, 0.1) is 19.8 Å². The Morgan fingerprint density at radius 3 is 3.00 bits per heavy atom. The molecule has 2 amide bonds. The molecule has 2 saturated heterocycles. The highest BCUT2D eigenvalue weighted by molar-refractivity contribution is 6.27. The van der Waals surface area contributed by atoms with Gasteiger partial charge in [0.15, 0.2) is 0 Å². The fourth-order valence-electron chi connectivity index (χ4n) is 2.16. The van der Waals surface area contributed by atoms with Crippen LogP contribution in [0.15, 0.2) is 0 Å². The van der Waals surface area contributed by atoms with Crippen LogP contribution in [0.4, 0.5) is 0 Å². The van der Waals surface area contributed by atoms with Gasteiger partial charge in [-0.3, -0.25) is 9.59 Å². The molecule has 0 radical (unpaired) electrons. The highest BCUT2D eigenvalue weighted by Gasteiger charge is 2.45. The number of hydrogen-bond acceptors (Lipinski definition) is 4. The summed E-state index contributed by atoms with van der Waals surface area (Å²) >= 11 is 5.42. The minimum Gasteiger partial charge on any atom is -0.377 e. The van der Waals surface area contributed by atoms with Gasteiger partial charge in [-0.25, -0.2) is 0 Å². The third kappa shape index (κ3) is 2.53. The Bertz CT molecular complexity index is 321. The molecule has 0 aromatic rings. The lowest BCUT2D eigenvalue weighted by molar-refractivity contribution is -0.176. The first-order chi connectivity index (χ1) is 8.18. The van der Waals surface area contributed by atoms with Crippen molar-refractivity contribution in [1.82, 2.24) is 10.2 Å². The lowest BCUT2D eigenvalue weighted by atomic mass is 9.96. The standard InChI is InChI=1S/C10H15ClN2O4/c11-3-8(14)12-5-10-6-16-2-1-13(10)9(15)4-17-7-10/h1-7H2,(H,12,14). The van der Waals surface area contributed by atoms with Crippen LogP contribution in [0.5, 0.6) is 0 Å². The van der Waals surface area contributed by atoms with E-state index in [1.165, 1.54) is 0 Å². The molecule has 1 atom stereocenters. The summed E-state index contributed by atoms with van der Waals surface area (Å²) in [6, 6.07) is 0. The van der Waals surface area contributed by atoms with E-state index in [0.717, 1.165) is 0 Å². The van der Waals surface area contributed by atoms with Gasteiger partial charge in [-0.15, -0.1) is 11.6 Å². The molecule has 1 N–H and O–H groups in total. The fourth-order valence-corrected chi connectivity index (χ4v) is 2.25. The molecule has 17 heavy (non-hydrogen) atoms. The van der Waals surface area contributed by atoms with Crippen molar-refractivity contribution in [2.45, 2.75) is 5.54 Å². The van der Waals surface area contributed by atoms with E-state index in [1.807, 2.05) is 0 Å². The van der Waals surface area contributed by atoms with Crippen molar-refractivity contribution in [1.29, 1.82) is 0 Å². The number of amides is 2. The van der Waals surface area contributed by atoms with Gasteiger partial charge in [0, 0.05) is 13.1 Å². The first kappa shape index (κ1) is 12.6. The van der Waals surface area contributed by atoms with Crippen LogP contribution in [-0.4, -0.2) is 67.7 Å². The van der Waals surface area contributed by atoms with Crippen LogP contribution in [0, 0.1) is 0 Å². The minimum absolute atomic E-state index is 0.0559. The predicted molar refractivity (Wildman–Crippen MR) is 59.8 cm³/mol. The van der Waals surface area contributed by atoms with E-state index in [1.54, 1.807) is 4.90 Å². The molecular weight excluding hydrogens is 248 g/mol. The summed E-state index contributed by atoms with van der Waals surface area (Å²) in [6.07, 6.45) is 0. The number of alkyl halides is 1. The molecule has 0 spiro atoms. The molecular formula is C10H15ClN2O4. The highest BCUT2D eigenvalue weighted by Crippen LogP contribution is 2.24. The van der Waals surface area contributed by atoms with Crippen LogP contribution in [0.2, 0.25) is 0 Å². The molecule has 6 nitrogen and oxygen atoms in total. The van der Waals surface area contributed by atoms with E-state index in [0.29, 0.717) is 32.9 Å². The van der Waals surface area contributed by atoms with Crippen LogP contribution in [-0.2, 0) is 19.1 Å². The summed E-state index contributed by atoms with van der Waals surface area (Å²) in [5.41, 5.74) is -0.574. The third-order valence-electron chi connectivity index (χ3n) is 3.04. The summed E-state index contributed by atoms with van der Waals surface area (Å²) < 4.78 is 10.7. The van der Waals surface area contributed by atoms with Gasteiger partial charge in [0.25, 0.3) is 0 Å². The van der Waals surface area contributed by atoms with Crippen LogP contribution >= 0.6 is 11.6 Å². The molecule has 7 heteroatoms. The number of fused-ring (bicyclic) bond motifs is 1. The van der Waals surface area contributed by atoms with Gasteiger partial charge in [-0.1, -0.05) is 0 Å². The number of nitrogens with one attached hydrogen (secondary N) is 1. The molecule has 2 aliphatic rings. The van der Waals surface area contributed by atoms with E-state index in [9.17, 15) is 9.59 Å². The molecule has 2 rings (SSSR count). The van der Waals surface area contributed by atoms with Crippen molar-refractivity contribution in [3.05, 3.63) is 0 Å². The summed E-state index contributed by atoms with van der Waals surface area (Å²) in [4.78, 5) is 24.7. The number of hydrogen-bond donors (Lipinski definition) is 1. The molecule has 0 bridgehead atoms. The van der Waals surface area contributed by atoms with Crippen molar-refractivity contribution in [3.63, 3.8) is 0 Å². The molecule has 2 fully saturated rings. The van der Waals surface area contributed by atoms with Crippen molar-refractivity contribution in [2.24, 2.45) is 0 Å². The van der Waals surface area contributed by atoms with Gasteiger partial charge in [-0.2, -0.15) is 0 Å². The Hall–Kier alpha value is -0.850. The zero-order chi connectivity index (χ0) is 12.3. The number of nitrogens with zero attached hydrogens (tertiary/aromatic N) is 1. The van der Waals surface area contributed by atoms with Gasteiger partial charge < -0.3 is 19.7 Å². The normalized spacial score (nSPS) is 28.8. The van der Waals surface area contributed by atoms with Crippen molar-refractivity contribution in [3.8, 4) is 0 Å². The fraction of sp³-hybridized carbons (Fsp3) is 0.800. The zero-order valence-corrected chi connectivity index (χ0v) is 10.2. The number of carbonyl (C=O) groups excluding carboxylic acids is 2. The van der Waals surface area contributed by atoms with Crippen LogP contribution in [0.3, 0.4) is 0 Å². The summed E-state index contributed by atoms with van der Waals surface area (Å²) in [5.74, 6) is -0.407. The van der Waals surface area contributed by atoms with E-state index in [4.69, 9.17) is 21.1 Å². The van der Waals surface area contributed by atoms with E-state index < -0.39 is 5.54 Å². The SMILES string of the molecule is O=C(CCl)NCC12COCCN1C(=O)COC2. The molecule has 0 aromatic carbocycles. The molecule has 0 saturated carbocycles. The molecule has 2 aliphatic heterocycles. The van der Waals surface area contributed by atoms with Gasteiger partial charge >= 0.3 is 0 Å². The average molecular weight is 263 g/mol. The number of morpholine rings is 2. The van der Waals surface area contributed by atoms with Crippen LogP contribution in [0.25, 0.3) is 0 Å². The number of carbonyl (C=O) groups is 2.